The molecule has 0 radical (unpaired) electrons. The molecule has 3 aromatic heterocycles. The molecule has 0 spiro atoms. The molecule has 1 atom stereocenters. The standard InChI is InChI=1S/C27H17F6N7O/c28-26(29,30)18-4-2-6-20(12-18)40(25(41)27(31,32)33)19-5-1-3-16(11-19)22(7-9-34)39-14-17(13-38-39)23-21-8-10-35-24(21)37-15-36-23/h1-6,8,10-15,22H,7H2,(H,35,36,37). The monoisotopic (exact) mass is 569 g/mol. The Morgan fingerprint density at radius 3 is 2.46 bits per heavy atom. The van der Waals surface area contributed by atoms with Crippen molar-refractivity contribution < 1.29 is 31.1 Å². The topological polar surface area (TPSA) is 103 Å². The highest BCUT2D eigenvalue weighted by Gasteiger charge is 2.44. The number of carbonyl (C=O) groups is 1. The van der Waals surface area contributed by atoms with Crippen LogP contribution in [0.1, 0.15) is 23.6 Å². The van der Waals surface area contributed by atoms with Crippen LogP contribution >= 0.6 is 0 Å². The van der Waals surface area contributed by atoms with Crippen molar-refractivity contribution in [2.45, 2.75) is 24.8 Å². The van der Waals surface area contributed by atoms with Crippen LogP contribution < -0.4 is 4.90 Å². The van der Waals surface area contributed by atoms with Gasteiger partial charge in [0, 0.05) is 34.7 Å². The maximum Gasteiger partial charge on any atom is 0.472 e. The van der Waals surface area contributed by atoms with Crippen molar-refractivity contribution in [3.8, 4) is 17.3 Å². The number of alkyl halides is 6. The van der Waals surface area contributed by atoms with Crippen LogP contribution in [0.3, 0.4) is 0 Å². The number of fused-ring (bicyclic) bond motifs is 1. The Morgan fingerprint density at radius 2 is 1.76 bits per heavy atom. The third kappa shape index (κ3) is 5.46. The van der Waals surface area contributed by atoms with Gasteiger partial charge in [0.2, 0.25) is 0 Å². The number of H-pyrrole nitrogens is 1. The number of nitrogens with zero attached hydrogens (tertiary/aromatic N) is 6. The molecule has 41 heavy (non-hydrogen) atoms. The number of halogens is 6. The average Bonchev–Trinajstić information content (AvgIpc) is 3.61. The van der Waals surface area contributed by atoms with E-state index in [0.29, 0.717) is 40.0 Å². The fourth-order valence-electron chi connectivity index (χ4n) is 4.39. The van der Waals surface area contributed by atoms with Gasteiger partial charge in [0.15, 0.2) is 0 Å². The lowest BCUT2D eigenvalue weighted by molar-refractivity contribution is -0.169. The first-order valence-electron chi connectivity index (χ1n) is 11.9. The van der Waals surface area contributed by atoms with E-state index in [9.17, 15) is 36.4 Å². The van der Waals surface area contributed by atoms with Gasteiger partial charge in [0.1, 0.15) is 12.0 Å². The molecule has 0 fully saturated rings. The van der Waals surface area contributed by atoms with E-state index in [2.05, 4.69) is 20.1 Å². The fraction of sp³-hybridized carbons (Fsp3) is 0.148. The molecule has 0 bridgehead atoms. The molecule has 0 aliphatic heterocycles. The highest BCUT2D eigenvalue weighted by molar-refractivity contribution is 6.03. The van der Waals surface area contributed by atoms with Crippen LogP contribution in [0, 0.1) is 11.3 Å². The minimum absolute atomic E-state index is 0.162. The summed E-state index contributed by atoms with van der Waals surface area (Å²) in [5.41, 5.74) is -0.180. The minimum atomic E-state index is -5.39. The van der Waals surface area contributed by atoms with Crippen molar-refractivity contribution in [1.29, 1.82) is 5.26 Å². The number of hydrogen-bond acceptors (Lipinski definition) is 5. The zero-order valence-electron chi connectivity index (χ0n) is 20.6. The number of benzene rings is 2. The summed E-state index contributed by atoms with van der Waals surface area (Å²) in [4.78, 5) is 24.1. The Labute approximate surface area is 227 Å². The lowest BCUT2D eigenvalue weighted by Gasteiger charge is -2.26. The number of carbonyl (C=O) groups excluding carboxylic acids is 1. The number of aromatic amines is 1. The van der Waals surface area contributed by atoms with E-state index in [0.717, 1.165) is 18.2 Å². The number of anilines is 2. The molecule has 1 amide bonds. The zero-order chi connectivity index (χ0) is 29.4. The first kappa shape index (κ1) is 27.4. The van der Waals surface area contributed by atoms with Gasteiger partial charge in [0.25, 0.3) is 0 Å². The van der Waals surface area contributed by atoms with Crippen LogP contribution in [-0.4, -0.2) is 36.8 Å². The van der Waals surface area contributed by atoms with Crippen LogP contribution in [0.5, 0.6) is 0 Å². The molecule has 0 aliphatic rings. The van der Waals surface area contributed by atoms with Crippen molar-refractivity contribution in [3.63, 3.8) is 0 Å². The van der Waals surface area contributed by atoms with Crippen LogP contribution in [0.4, 0.5) is 37.7 Å². The molecule has 1 N–H and O–H groups in total. The third-order valence-corrected chi connectivity index (χ3v) is 6.22. The number of hydrogen-bond donors (Lipinski definition) is 1. The molecule has 3 heterocycles. The maximum atomic E-state index is 13.6. The number of aromatic nitrogens is 5. The lowest BCUT2D eigenvalue weighted by Crippen LogP contribution is -2.38. The molecule has 5 rings (SSSR count). The molecule has 0 aliphatic carbocycles. The summed E-state index contributed by atoms with van der Waals surface area (Å²) in [6, 6.07) is 11.2. The normalized spacial score (nSPS) is 12.7. The average molecular weight is 569 g/mol. The summed E-state index contributed by atoms with van der Waals surface area (Å²) >= 11 is 0. The van der Waals surface area contributed by atoms with Crippen LogP contribution in [-0.2, 0) is 11.0 Å². The fourth-order valence-corrected chi connectivity index (χ4v) is 4.39. The molecule has 14 heteroatoms. The van der Waals surface area contributed by atoms with Gasteiger partial charge in [-0.15, -0.1) is 0 Å². The Bertz CT molecular complexity index is 1770. The first-order chi connectivity index (χ1) is 19.5. The Kier molecular flexibility index (Phi) is 6.96. The molecule has 5 aromatic rings. The van der Waals surface area contributed by atoms with Gasteiger partial charge in [0.05, 0.1) is 36.0 Å². The molecule has 0 saturated carbocycles. The molecule has 208 valence electrons. The Morgan fingerprint density at radius 1 is 1.02 bits per heavy atom. The van der Waals surface area contributed by atoms with Crippen molar-refractivity contribution in [2.24, 2.45) is 0 Å². The van der Waals surface area contributed by atoms with Gasteiger partial charge >= 0.3 is 18.3 Å². The van der Waals surface area contributed by atoms with E-state index in [1.54, 1.807) is 18.5 Å². The molecular weight excluding hydrogens is 552 g/mol. The lowest BCUT2D eigenvalue weighted by atomic mass is 10.0. The Balaban J connectivity index is 1.57. The van der Waals surface area contributed by atoms with Crippen molar-refractivity contribution in [2.75, 3.05) is 4.90 Å². The highest BCUT2D eigenvalue weighted by Crippen LogP contribution is 2.37. The molecule has 1 unspecified atom stereocenters. The summed E-state index contributed by atoms with van der Waals surface area (Å²) in [5, 5.41) is 14.6. The largest absolute Gasteiger partial charge is 0.472 e. The second kappa shape index (κ2) is 10.4. The van der Waals surface area contributed by atoms with Crippen LogP contribution in [0.15, 0.2) is 79.5 Å². The Hall–Kier alpha value is -5.19. The number of rotatable bonds is 6. The summed E-state index contributed by atoms with van der Waals surface area (Å²) in [6.45, 7) is 0. The van der Waals surface area contributed by atoms with Gasteiger partial charge in [-0.1, -0.05) is 18.2 Å². The SMILES string of the molecule is N#CCC(c1cccc(N(C(=O)C(F)(F)F)c2cccc(C(F)(F)F)c2)c1)n1cc(-c2ncnc3[nH]ccc23)cn1. The van der Waals surface area contributed by atoms with Crippen molar-refractivity contribution in [3.05, 3.63) is 90.6 Å². The quantitative estimate of drug-likeness (QED) is 0.233. The van der Waals surface area contributed by atoms with Crippen molar-refractivity contribution >= 4 is 28.3 Å². The first-order valence-corrected chi connectivity index (χ1v) is 11.9. The van der Waals surface area contributed by atoms with E-state index in [-0.39, 0.29) is 17.0 Å². The number of nitrogens with one attached hydrogen (secondary N) is 1. The predicted molar refractivity (Wildman–Crippen MR) is 135 cm³/mol. The summed E-state index contributed by atoms with van der Waals surface area (Å²) < 4.78 is 82.3. The summed E-state index contributed by atoms with van der Waals surface area (Å²) in [7, 11) is 0. The predicted octanol–water partition coefficient (Wildman–Crippen LogP) is 6.57. The van der Waals surface area contributed by atoms with Crippen molar-refractivity contribution in [1.82, 2.24) is 24.7 Å². The number of nitriles is 1. The van der Waals surface area contributed by atoms with Gasteiger partial charge in [-0.2, -0.15) is 36.7 Å². The molecular formula is C27H17F6N7O. The zero-order valence-corrected chi connectivity index (χ0v) is 20.6. The second-order valence-electron chi connectivity index (χ2n) is 8.83. The highest BCUT2D eigenvalue weighted by atomic mass is 19.4. The van der Waals surface area contributed by atoms with Gasteiger partial charge in [-0.25, -0.2) is 9.97 Å². The maximum absolute atomic E-state index is 13.6. The van der Waals surface area contributed by atoms with Gasteiger partial charge in [-0.05, 0) is 42.0 Å². The van der Waals surface area contributed by atoms with E-state index >= 15 is 0 Å². The molecule has 8 nitrogen and oxygen atoms in total. The minimum Gasteiger partial charge on any atom is -0.346 e. The van der Waals surface area contributed by atoms with Crippen LogP contribution in [0.25, 0.3) is 22.3 Å². The van der Waals surface area contributed by atoms with E-state index in [1.165, 1.54) is 35.4 Å². The summed E-state index contributed by atoms with van der Waals surface area (Å²) in [5.74, 6) is -2.38. The second-order valence-corrected chi connectivity index (χ2v) is 8.83. The van der Waals surface area contributed by atoms with Gasteiger partial charge in [-0.3, -0.25) is 14.4 Å². The summed E-state index contributed by atoms with van der Waals surface area (Å²) in [6.07, 6.45) is -4.24. The van der Waals surface area contributed by atoms with Crippen LogP contribution in [0.2, 0.25) is 0 Å². The van der Waals surface area contributed by atoms with E-state index < -0.39 is 35.6 Å². The van der Waals surface area contributed by atoms with E-state index in [1.807, 2.05) is 6.07 Å². The van der Waals surface area contributed by atoms with E-state index in [4.69, 9.17) is 0 Å². The molecule has 0 saturated heterocycles. The smallest absolute Gasteiger partial charge is 0.346 e. The van der Waals surface area contributed by atoms with Gasteiger partial charge < -0.3 is 4.98 Å². The third-order valence-electron chi connectivity index (χ3n) is 6.22. The molecule has 2 aromatic carbocycles. The number of amides is 1.